The van der Waals surface area contributed by atoms with Gasteiger partial charge in [0, 0.05) is 6.99 Å². The van der Waals surface area contributed by atoms with Gasteiger partial charge < -0.3 is 4.98 Å². The van der Waals surface area contributed by atoms with Crippen molar-refractivity contribution < 1.29 is 1.43 Å². The number of imidazole rings is 1. The summed E-state index contributed by atoms with van der Waals surface area (Å²) in [6, 6.07) is 4.46. The highest BCUT2D eigenvalue weighted by Gasteiger charge is 2.18. The standard InChI is InChI=1S/C14H16N2.C2H6.H2/c1-9-6-7-13(12-5-3-4-11(9)12)14-8-15-10(2)16-14;1-2;/h6-8H,3-5H2,1-2H3,(H,15,16);1-2H3;1H. The molecule has 1 heterocycles. The van der Waals surface area contributed by atoms with Crippen molar-refractivity contribution in [1.82, 2.24) is 9.97 Å². The van der Waals surface area contributed by atoms with E-state index in [2.05, 4.69) is 29.0 Å². The maximum atomic E-state index is 4.29. The molecule has 18 heavy (non-hydrogen) atoms. The molecule has 0 spiro atoms. The highest BCUT2D eigenvalue weighted by molar-refractivity contribution is 5.67. The van der Waals surface area contributed by atoms with Crippen LogP contribution in [-0.2, 0) is 12.8 Å². The van der Waals surface area contributed by atoms with Crippen LogP contribution in [-0.4, -0.2) is 9.97 Å². The average Bonchev–Trinajstić information content (AvgIpc) is 3.02. The van der Waals surface area contributed by atoms with E-state index in [9.17, 15) is 0 Å². The number of rotatable bonds is 1. The lowest BCUT2D eigenvalue weighted by Crippen LogP contribution is -1.92. The molecule has 0 aliphatic heterocycles. The van der Waals surface area contributed by atoms with Crippen molar-refractivity contribution in [2.75, 3.05) is 0 Å². The molecule has 0 bridgehead atoms. The summed E-state index contributed by atoms with van der Waals surface area (Å²) in [7, 11) is 0. The molecule has 2 nitrogen and oxygen atoms in total. The molecular formula is C16H24N2. The summed E-state index contributed by atoms with van der Waals surface area (Å²) < 4.78 is 0. The fraction of sp³-hybridized carbons (Fsp3) is 0.438. The minimum atomic E-state index is 0. The second kappa shape index (κ2) is 5.38. The van der Waals surface area contributed by atoms with Crippen LogP contribution in [0.2, 0.25) is 0 Å². The smallest absolute Gasteiger partial charge is 0.103 e. The molecule has 0 saturated heterocycles. The Labute approximate surface area is 111 Å². The molecule has 1 N–H and O–H groups in total. The molecular weight excluding hydrogens is 220 g/mol. The molecule has 2 aromatic rings. The van der Waals surface area contributed by atoms with Crippen LogP contribution in [0.15, 0.2) is 18.3 Å². The van der Waals surface area contributed by atoms with Crippen LogP contribution < -0.4 is 0 Å². The fourth-order valence-electron chi connectivity index (χ4n) is 2.70. The van der Waals surface area contributed by atoms with E-state index in [-0.39, 0.29) is 1.43 Å². The van der Waals surface area contributed by atoms with Gasteiger partial charge in [-0.2, -0.15) is 0 Å². The molecule has 1 aliphatic rings. The van der Waals surface area contributed by atoms with Gasteiger partial charge in [-0.1, -0.05) is 26.0 Å². The van der Waals surface area contributed by atoms with Gasteiger partial charge in [0.1, 0.15) is 5.82 Å². The molecule has 3 rings (SSSR count). The van der Waals surface area contributed by atoms with Crippen molar-refractivity contribution >= 4 is 0 Å². The third-order valence-corrected chi connectivity index (χ3v) is 3.51. The number of nitrogens with zero attached hydrogens (tertiary/aromatic N) is 1. The van der Waals surface area contributed by atoms with Crippen LogP contribution in [0.25, 0.3) is 11.3 Å². The monoisotopic (exact) mass is 244 g/mol. The van der Waals surface area contributed by atoms with Crippen molar-refractivity contribution in [2.24, 2.45) is 0 Å². The molecule has 0 radical (unpaired) electrons. The topological polar surface area (TPSA) is 28.7 Å². The maximum Gasteiger partial charge on any atom is 0.103 e. The summed E-state index contributed by atoms with van der Waals surface area (Å²) in [5.74, 6) is 0.988. The average molecular weight is 244 g/mol. The number of aromatic amines is 1. The van der Waals surface area contributed by atoms with Crippen LogP contribution in [0.5, 0.6) is 0 Å². The lowest BCUT2D eigenvalue weighted by atomic mass is 9.97. The summed E-state index contributed by atoms with van der Waals surface area (Å²) in [5.41, 5.74) is 7.04. The Morgan fingerprint density at radius 2 is 1.83 bits per heavy atom. The number of H-pyrrole nitrogens is 1. The Balaban J connectivity index is 0.000000576. The highest BCUT2D eigenvalue weighted by atomic mass is 14.9. The first-order chi connectivity index (χ1) is 8.75. The predicted octanol–water partition coefficient (Wildman–Crippen LogP) is 4.45. The van der Waals surface area contributed by atoms with Crippen molar-refractivity contribution in [3.05, 3.63) is 40.8 Å². The zero-order valence-corrected chi connectivity index (χ0v) is 11.8. The first-order valence-electron chi connectivity index (χ1n) is 6.89. The number of aryl methyl sites for hydroxylation is 2. The fourth-order valence-corrected chi connectivity index (χ4v) is 2.70. The minimum Gasteiger partial charge on any atom is -0.342 e. The first kappa shape index (κ1) is 12.9. The Morgan fingerprint density at radius 1 is 1.11 bits per heavy atom. The van der Waals surface area contributed by atoms with Gasteiger partial charge >= 0.3 is 0 Å². The molecule has 1 aliphatic carbocycles. The van der Waals surface area contributed by atoms with Crippen LogP contribution in [0, 0.1) is 13.8 Å². The van der Waals surface area contributed by atoms with E-state index in [0.29, 0.717) is 0 Å². The van der Waals surface area contributed by atoms with Gasteiger partial charge in [-0.15, -0.1) is 0 Å². The van der Waals surface area contributed by atoms with Crippen LogP contribution in [0.1, 0.15) is 44.2 Å². The number of benzene rings is 1. The van der Waals surface area contributed by atoms with E-state index in [1.165, 1.54) is 36.0 Å². The van der Waals surface area contributed by atoms with Gasteiger partial charge in [-0.05, 0) is 49.8 Å². The molecule has 1 aromatic heterocycles. The Bertz CT molecular complexity index is 544. The summed E-state index contributed by atoms with van der Waals surface area (Å²) >= 11 is 0. The second-order valence-corrected chi connectivity index (χ2v) is 4.62. The van der Waals surface area contributed by atoms with Gasteiger partial charge in [0.25, 0.3) is 0 Å². The zero-order chi connectivity index (χ0) is 13.1. The molecule has 0 saturated carbocycles. The normalized spacial score (nSPS) is 12.9. The number of aromatic nitrogens is 2. The van der Waals surface area contributed by atoms with E-state index < -0.39 is 0 Å². The summed E-state index contributed by atoms with van der Waals surface area (Å²) in [6.45, 7) is 8.21. The molecule has 0 fully saturated rings. The van der Waals surface area contributed by atoms with E-state index in [0.717, 1.165) is 11.5 Å². The van der Waals surface area contributed by atoms with Gasteiger partial charge in [0.2, 0.25) is 0 Å². The third-order valence-electron chi connectivity index (χ3n) is 3.51. The Hall–Kier alpha value is -1.57. The minimum absolute atomic E-state index is 0. The van der Waals surface area contributed by atoms with E-state index in [1.807, 2.05) is 27.0 Å². The quantitative estimate of drug-likeness (QED) is 0.788. The maximum absolute atomic E-state index is 4.29. The molecule has 0 atom stereocenters. The Kier molecular flexibility index (Phi) is 3.85. The van der Waals surface area contributed by atoms with Crippen molar-refractivity contribution in [3.63, 3.8) is 0 Å². The van der Waals surface area contributed by atoms with E-state index in [1.54, 1.807) is 5.56 Å². The lowest BCUT2D eigenvalue weighted by Gasteiger charge is -2.09. The van der Waals surface area contributed by atoms with Crippen molar-refractivity contribution in [2.45, 2.75) is 47.0 Å². The molecule has 0 amide bonds. The Morgan fingerprint density at radius 3 is 2.50 bits per heavy atom. The summed E-state index contributed by atoms with van der Waals surface area (Å²) in [4.78, 5) is 7.62. The largest absolute Gasteiger partial charge is 0.342 e. The van der Waals surface area contributed by atoms with Gasteiger partial charge in [-0.25, -0.2) is 4.98 Å². The van der Waals surface area contributed by atoms with Gasteiger partial charge in [0.15, 0.2) is 0 Å². The van der Waals surface area contributed by atoms with Crippen molar-refractivity contribution in [3.8, 4) is 11.3 Å². The number of fused-ring (bicyclic) bond motifs is 1. The van der Waals surface area contributed by atoms with Crippen LogP contribution >= 0.6 is 0 Å². The van der Waals surface area contributed by atoms with Crippen LogP contribution in [0.4, 0.5) is 0 Å². The summed E-state index contributed by atoms with van der Waals surface area (Å²) in [6.07, 6.45) is 5.69. The first-order valence-corrected chi connectivity index (χ1v) is 6.89. The van der Waals surface area contributed by atoms with Crippen LogP contribution in [0.3, 0.4) is 0 Å². The van der Waals surface area contributed by atoms with Gasteiger partial charge in [0.05, 0.1) is 11.9 Å². The second-order valence-electron chi connectivity index (χ2n) is 4.62. The molecule has 98 valence electrons. The number of hydrogen-bond acceptors (Lipinski definition) is 1. The summed E-state index contributed by atoms with van der Waals surface area (Å²) in [5, 5.41) is 0. The van der Waals surface area contributed by atoms with Crippen molar-refractivity contribution in [1.29, 1.82) is 0 Å². The SMILES string of the molecule is CC.Cc1ncc(-c2ccc(C)c3c2CCC3)[nH]1.[HH]. The molecule has 2 heteroatoms. The molecule has 1 aromatic carbocycles. The lowest BCUT2D eigenvalue weighted by molar-refractivity contribution is 0.909. The highest BCUT2D eigenvalue weighted by Crippen LogP contribution is 2.33. The predicted molar refractivity (Wildman–Crippen MR) is 79.0 cm³/mol. The molecule has 0 unspecified atom stereocenters. The van der Waals surface area contributed by atoms with Gasteiger partial charge in [-0.3, -0.25) is 0 Å². The van der Waals surface area contributed by atoms with E-state index in [4.69, 9.17) is 0 Å². The number of nitrogens with one attached hydrogen (secondary N) is 1. The number of hydrogen-bond donors (Lipinski definition) is 1. The zero-order valence-electron chi connectivity index (χ0n) is 11.8. The third kappa shape index (κ3) is 2.20. The van der Waals surface area contributed by atoms with E-state index >= 15 is 0 Å².